The molecule has 0 saturated heterocycles. The number of benzene rings is 10. The number of furan rings is 1. The molecule has 2 nitrogen and oxygen atoms in total. The van der Waals surface area contributed by atoms with Crippen molar-refractivity contribution in [1.29, 1.82) is 0 Å². The van der Waals surface area contributed by atoms with Crippen LogP contribution in [0.3, 0.4) is 0 Å². The van der Waals surface area contributed by atoms with Crippen LogP contribution in [0.2, 0.25) is 0 Å². The Balaban J connectivity index is 1.09. The minimum Gasteiger partial charge on any atom is -0.456 e. The molecular formula is C62H41NO. The summed E-state index contributed by atoms with van der Waals surface area (Å²) in [6, 6.07) is 91.4. The van der Waals surface area contributed by atoms with Crippen molar-refractivity contribution >= 4 is 39.0 Å². The van der Waals surface area contributed by atoms with Gasteiger partial charge in [-0.2, -0.15) is 0 Å². The predicted molar refractivity (Wildman–Crippen MR) is 263 cm³/mol. The maximum absolute atomic E-state index is 6.60. The number of para-hydroxylation sites is 1. The van der Waals surface area contributed by atoms with Gasteiger partial charge in [-0.3, -0.25) is 0 Å². The number of nitrogens with zero attached hydrogens (tertiary/aromatic N) is 1. The van der Waals surface area contributed by atoms with E-state index in [0.29, 0.717) is 0 Å². The number of fused-ring (bicyclic) bond motifs is 9. The molecule has 0 atom stereocenters. The fraction of sp³-hybridized carbons (Fsp3) is 0.0323. The van der Waals surface area contributed by atoms with Crippen LogP contribution in [0, 0.1) is 0 Å². The summed E-state index contributed by atoms with van der Waals surface area (Å²) in [6.07, 6.45) is 0. The molecule has 10 aromatic carbocycles. The topological polar surface area (TPSA) is 16.4 Å². The lowest BCUT2D eigenvalue weighted by molar-refractivity contribution is 0.669. The molecule has 2 aliphatic carbocycles. The smallest absolute Gasteiger partial charge is 0.137 e. The Labute approximate surface area is 373 Å². The minimum absolute atomic E-state index is 0.491. The highest BCUT2D eigenvalue weighted by atomic mass is 16.3. The van der Waals surface area contributed by atoms with Crippen LogP contribution in [0.15, 0.2) is 253 Å². The van der Waals surface area contributed by atoms with Gasteiger partial charge in [0.05, 0.1) is 10.8 Å². The Morgan fingerprint density at radius 2 is 0.672 bits per heavy atom. The van der Waals surface area contributed by atoms with Crippen LogP contribution >= 0.6 is 0 Å². The van der Waals surface area contributed by atoms with Crippen LogP contribution in [-0.4, -0.2) is 0 Å². The van der Waals surface area contributed by atoms with Crippen molar-refractivity contribution in [2.75, 3.05) is 4.90 Å². The van der Waals surface area contributed by atoms with Gasteiger partial charge in [0.25, 0.3) is 0 Å². The number of anilines is 3. The van der Waals surface area contributed by atoms with Gasteiger partial charge in [0.1, 0.15) is 11.2 Å². The standard InChI is InChI=1S/C62H41NO/c1-5-19-42(20-6-1)61(43-21-7-2-8-22-43)56-31-17-14-28-50(56)54-39-46(35-38-57(54)61)63(48-34-37-53-52-29-15-18-32-59(52)64-60(53)41-48)47-33-36-51-49-27-13-16-30-55(49)62(58(51)40-47,44-23-9-3-10-24-44)45-25-11-4-12-26-45/h1-41H. The number of hydrogen-bond donors (Lipinski definition) is 0. The van der Waals surface area contributed by atoms with Crippen molar-refractivity contribution in [3.8, 4) is 22.3 Å². The highest BCUT2D eigenvalue weighted by molar-refractivity contribution is 6.06. The first-order valence-electron chi connectivity index (χ1n) is 22.2. The molecule has 0 radical (unpaired) electrons. The molecule has 2 heteroatoms. The molecule has 0 aliphatic heterocycles. The fourth-order valence-corrected chi connectivity index (χ4v) is 11.4. The van der Waals surface area contributed by atoms with E-state index in [-0.39, 0.29) is 0 Å². The largest absolute Gasteiger partial charge is 0.456 e. The molecule has 0 spiro atoms. The summed E-state index contributed by atoms with van der Waals surface area (Å²) in [5, 5.41) is 2.22. The molecule has 2 aliphatic rings. The van der Waals surface area contributed by atoms with E-state index in [2.05, 4.69) is 248 Å². The zero-order chi connectivity index (χ0) is 42.2. The lowest BCUT2D eigenvalue weighted by Crippen LogP contribution is -2.28. The molecule has 13 rings (SSSR count). The van der Waals surface area contributed by atoms with E-state index in [1.54, 1.807) is 0 Å². The second kappa shape index (κ2) is 14.2. The van der Waals surface area contributed by atoms with Crippen molar-refractivity contribution in [2.45, 2.75) is 10.8 Å². The molecule has 64 heavy (non-hydrogen) atoms. The SMILES string of the molecule is c1ccc(C2(c3ccccc3)c3ccccc3-c3cc(N(c4ccc5c(c4)C(c4ccccc4)(c4ccccc4)c4ccccc4-5)c4ccc5c(c4)oc4ccccc45)ccc32)cc1. The highest BCUT2D eigenvalue weighted by Crippen LogP contribution is 2.59. The Bertz CT molecular complexity index is 3470. The Kier molecular flexibility index (Phi) is 8.07. The first-order valence-corrected chi connectivity index (χ1v) is 22.2. The molecule has 1 heterocycles. The summed E-state index contributed by atoms with van der Waals surface area (Å²) in [5.41, 5.74) is 19.0. The summed E-state index contributed by atoms with van der Waals surface area (Å²) in [4.78, 5) is 2.44. The van der Waals surface area contributed by atoms with Gasteiger partial charge in [-0.15, -0.1) is 0 Å². The highest BCUT2D eigenvalue weighted by Gasteiger charge is 2.48. The van der Waals surface area contributed by atoms with E-state index in [4.69, 9.17) is 4.42 Å². The van der Waals surface area contributed by atoms with Gasteiger partial charge in [-0.05, 0) is 109 Å². The summed E-state index contributed by atoms with van der Waals surface area (Å²) in [6.45, 7) is 0. The Morgan fingerprint density at radius 1 is 0.266 bits per heavy atom. The van der Waals surface area contributed by atoms with Crippen molar-refractivity contribution in [3.63, 3.8) is 0 Å². The van der Waals surface area contributed by atoms with E-state index in [1.165, 1.54) is 66.8 Å². The molecule has 0 unspecified atom stereocenters. The molecule has 11 aromatic rings. The minimum atomic E-state index is -0.541. The first kappa shape index (κ1) is 36.5. The monoisotopic (exact) mass is 815 g/mol. The van der Waals surface area contributed by atoms with Gasteiger partial charge in [-0.1, -0.05) is 200 Å². The maximum atomic E-state index is 6.60. The third-order valence-electron chi connectivity index (χ3n) is 14.0. The molecule has 0 N–H and O–H groups in total. The zero-order valence-corrected chi connectivity index (χ0v) is 35.0. The van der Waals surface area contributed by atoms with Gasteiger partial charge in [0, 0.05) is 33.9 Å². The predicted octanol–water partition coefficient (Wildman–Crippen LogP) is 15.8. The van der Waals surface area contributed by atoms with Crippen molar-refractivity contribution in [1.82, 2.24) is 0 Å². The summed E-state index contributed by atoms with van der Waals surface area (Å²) in [7, 11) is 0. The summed E-state index contributed by atoms with van der Waals surface area (Å²) in [5.74, 6) is 0. The van der Waals surface area contributed by atoms with Crippen LogP contribution in [0.5, 0.6) is 0 Å². The normalized spacial score (nSPS) is 13.9. The van der Waals surface area contributed by atoms with Gasteiger partial charge in [0.15, 0.2) is 0 Å². The molecule has 1 aromatic heterocycles. The van der Waals surface area contributed by atoms with E-state index in [0.717, 1.165) is 39.0 Å². The first-order chi connectivity index (χ1) is 31.7. The molecule has 0 fully saturated rings. The van der Waals surface area contributed by atoms with Gasteiger partial charge in [0.2, 0.25) is 0 Å². The lowest BCUT2D eigenvalue weighted by Gasteiger charge is -2.35. The fourth-order valence-electron chi connectivity index (χ4n) is 11.4. The molecule has 0 saturated carbocycles. The summed E-state index contributed by atoms with van der Waals surface area (Å²) < 4.78 is 6.60. The average molecular weight is 816 g/mol. The van der Waals surface area contributed by atoms with Gasteiger partial charge in [-0.25, -0.2) is 0 Å². The van der Waals surface area contributed by atoms with E-state index in [9.17, 15) is 0 Å². The number of rotatable bonds is 7. The van der Waals surface area contributed by atoms with E-state index < -0.39 is 10.8 Å². The zero-order valence-electron chi connectivity index (χ0n) is 35.0. The van der Waals surface area contributed by atoms with E-state index in [1.807, 2.05) is 6.07 Å². The Morgan fingerprint density at radius 3 is 1.28 bits per heavy atom. The van der Waals surface area contributed by atoms with Crippen LogP contribution in [0.4, 0.5) is 17.1 Å². The second-order valence-electron chi connectivity index (χ2n) is 17.1. The average Bonchev–Trinajstić information content (AvgIpc) is 4.00. The van der Waals surface area contributed by atoms with Crippen LogP contribution in [0.25, 0.3) is 44.2 Å². The van der Waals surface area contributed by atoms with Crippen LogP contribution in [0.1, 0.15) is 44.5 Å². The van der Waals surface area contributed by atoms with Crippen LogP contribution < -0.4 is 4.90 Å². The third-order valence-corrected chi connectivity index (χ3v) is 14.0. The summed E-state index contributed by atoms with van der Waals surface area (Å²) >= 11 is 0. The number of hydrogen-bond acceptors (Lipinski definition) is 2. The molecule has 0 amide bonds. The van der Waals surface area contributed by atoms with Crippen molar-refractivity contribution in [2.24, 2.45) is 0 Å². The lowest BCUT2D eigenvalue weighted by atomic mass is 9.67. The maximum Gasteiger partial charge on any atom is 0.137 e. The van der Waals surface area contributed by atoms with Crippen LogP contribution in [-0.2, 0) is 10.8 Å². The van der Waals surface area contributed by atoms with Gasteiger partial charge < -0.3 is 9.32 Å². The van der Waals surface area contributed by atoms with E-state index >= 15 is 0 Å². The third kappa shape index (κ3) is 5.08. The van der Waals surface area contributed by atoms with Gasteiger partial charge >= 0.3 is 0 Å². The molecular weight excluding hydrogens is 775 g/mol. The Hall–Kier alpha value is -8.20. The van der Waals surface area contributed by atoms with Crippen molar-refractivity contribution in [3.05, 3.63) is 293 Å². The second-order valence-corrected chi connectivity index (χ2v) is 17.1. The molecule has 0 bridgehead atoms. The van der Waals surface area contributed by atoms with Crippen molar-refractivity contribution < 1.29 is 4.42 Å². The quantitative estimate of drug-likeness (QED) is 0.159. The molecule has 300 valence electrons.